The number of aryl methyl sites for hydroxylation is 1. The van der Waals surface area contributed by atoms with Gasteiger partial charge in [-0.15, -0.1) is 0 Å². The monoisotopic (exact) mass is 305 g/mol. The first-order valence-corrected chi connectivity index (χ1v) is 7.78. The molecule has 1 aromatic rings. The fourth-order valence-corrected chi connectivity index (χ4v) is 2.74. The Kier molecular flexibility index (Phi) is 5.95. The average molecular weight is 305 g/mol. The molecule has 0 unspecified atom stereocenters. The molecule has 0 saturated carbocycles. The summed E-state index contributed by atoms with van der Waals surface area (Å²) in [6.07, 6.45) is 4.54. The van der Waals surface area contributed by atoms with Crippen LogP contribution in [0, 0.1) is 12.8 Å². The van der Waals surface area contributed by atoms with E-state index < -0.39 is 5.97 Å². The van der Waals surface area contributed by atoms with Crippen LogP contribution in [0.3, 0.4) is 0 Å². The van der Waals surface area contributed by atoms with Crippen LogP contribution in [0.2, 0.25) is 0 Å². The van der Waals surface area contributed by atoms with Crippen molar-refractivity contribution >= 4 is 17.6 Å². The summed E-state index contributed by atoms with van der Waals surface area (Å²) in [7, 11) is 0. The molecule has 0 spiro atoms. The van der Waals surface area contributed by atoms with Crippen molar-refractivity contribution < 1.29 is 19.4 Å². The molecule has 1 heterocycles. The van der Waals surface area contributed by atoms with E-state index in [0.717, 1.165) is 38.9 Å². The predicted molar refractivity (Wildman–Crippen MR) is 84.2 cm³/mol. The number of hydrogen-bond acceptors (Lipinski definition) is 3. The first kappa shape index (κ1) is 16.5. The summed E-state index contributed by atoms with van der Waals surface area (Å²) in [5.41, 5.74) is 1.45. The molecular formula is C17H23NO4. The normalized spacial score (nSPS) is 15.5. The summed E-state index contributed by atoms with van der Waals surface area (Å²) in [6, 6.07) is 4.95. The van der Waals surface area contributed by atoms with Crippen molar-refractivity contribution in [1.82, 2.24) is 0 Å². The molecule has 0 bridgehead atoms. The van der Waals surface area contributed by atoms with Gasteiger partial charge >= 0.3 is 5.97 Å². The molecule has 5 nitrogen and oxygen atoms in total. The van der Waals surface area contributed by atoms with E-state index in [1.807, 2.05) is 0 Å². The fourth-order valence-electron chi connectivity index (χ4n) is 2.74. The van der Waals surface area contributed by atoms with E-state index in [2.05, 4.69) is 5.32 Å². The Labute approximate surface area is 130 Å². The smallest absolute Gasteiger partial charge is 0.336 e. The van der Waals surface area contributed by atoms with Gasteiger partial charge in [0.2, 0.25) is 5.91 Å². The van der Waals surface area contributed by atoms with Crippen LogP contribution in [0.1, 0.15) is 48.0 Å². The molecule has 0 aromatic heterocycles. The van der Waals surface area contributed by atoms with Crippen molar-refractivity contribution in [3.8, 4) is 0 Å². The van der Waals surface area contributed by atoms with Crippen LogP contribution in [0.15, 0.2) is 18.2 Å². The molecule has 1 aliphatic heterocycles. The van der Waals surface area contributed by atoms with Crippen LogP contribution >= 0.6 is 0 Å². The highest BCUT2D eigenvalue weighted by atomic mass is 16.5. The van der Waals surface area contributed by atoms with Gasteiger partial charge in [-0.2, -0.15) is 0 Å². The maximum Gasteiger partial charge on any atom is 0.336 e. The van der Waals surface area contributed by atoms with Crippen LogP contribution in [0.4, 0.5) is 5.69 Å². The Bertz CT molecular complexity index is 535. The molecule has 2 N–H and O–H groups in total. The zero-order valence-electron chi connectivity index (χ0n) is 12.9. The number of nitrogens with one attached hydrogen (secondary N) is 1. The number of anilines is 1. The number of ether oxygens (including phenoxy) is 1. The first-order valence-electron chi connectivity index (χ1n) is 7.78. The molecule has 0 radical (unpaired) electrons. The molecule has 0 aliphatic carbocycles. The highest BCUT2D eigenvalue weighted by Crippen LogP contribution is 2.21. The number of benzene rings is 1. The molecule has 120 valence electrons. The van der Waals surface area contributed by atoms with Crippen LogP contribution in [0.25, 0.3) is 0 Å². The standard InChI is InChI=1S/C17H23NO4/c1-12-5-6-14(11-15(12)17(20)21)18-16(19)4-2-3-13-7-9-22-10-8-13/h5-6,11,13H,2-4,7-10H2,1H3,(H,18,19)(H,20,21). The van der Waals surface area contributed by atoms with E-state index in [1.165, 1.54) is 6.07 Å². The molecule has 1 amide bonds. The lowest BCUT2D eigenvalue weighted by molar-refractivity contribution is -0.116. The SMILES string of the molecule is Cc1ccc(NC(=O)CCCC2CCOCC2)cc1C(=O)O. The number of hydrogen-bond donors (Lipinski definition) is 2. The highest BCUT2D eigenvalue weighted by molar-refractivity contribution is 5.94. The molecule has 2 rings (SSSR count). The van der Waals surface area contributed by atoms with Gasteiger partial charge in [-0.05, 0) is 56.2 Å². The minimum atomic E-state index is -0.979. The maximum absolute atomic E-state index is 11.9. The van der Waals surface area contributed by atoms with Crippen molar-refractivity contribution in [2.24, 2.45) is 5.92 Å². The van der Waals surface area contributed by atoms with Gasteiger partial charge in [0.15, 0.2) is 0 Å². The van der Waals surface area contributed by atoms with Crippen LogP contribution in [-0.2, 0) is 9.53 Å². The molecule has 1 saturated heterocycles. The van der Waals surface area contributed by atoms with Crippen molar-refractivity contribution in [3.63, 3.8) is 0 Å². The number of rotatable bonds is 6. The largest absolute Gasteiger partial charge is 0.478 e. The maximum atomic E-state index is 11.9. The Morgan fingerprint density at radius 3 is 2.73 bits per heavy atom. The summed E-state index contributed by atoms with van der Waals surface area (Å²) in [6.45, 7) is 3.40. The van der Waals surface area contributed by atoms with Crippen LogP contribution in [0.5, 0.6) is 0 Å². The second-order valence-corrected chi connectivity index (χ2v) is 5.83. The zero-order valence-corrected chi connectivity index (χ0v) is 12.9. The molecule has 5 heteroatoms. The van der Waals surface area contributed by atoms with Gasteiger partial charge in [0.25, 0.3) is 0 Å². The molecule has 1 fully saturated rings. The van der Waals surface area contributed by atoms with Crippen LogP contribution < -0.4 is 5.32 Å². The molecule has 1 aromatic carbocycles. The molecule has 1 aliphatic rings. The summed E-state index contributed by atoms with van der Waals surface area (Å²) in [5, 5.41) is 11.9. The van der Waals surface area contributed by atoms with E-state index in [9.17, 15) is 9.59 Å². The van der Waals surface area contributed by atoms with Gasteiger partial charge in [0.1, 0.15) is 0 Å². The Morgan fingerprint density at radius 1 is 1.32 bits per heavy atom. The van der Waals surface area contributed by atoms with Gasteiger partial charge in [0, 0.05) is 25.3 Å². The van der Waals surface area contributed by atoms with Gasteiger partial charge in [-0.25, -0.2) is 4.79 Å². The summed E-state index contributed by atoms with van der Waals surface area (Å²) < 4.78 is 5.32. The van der Waals surface area contributed by atoms with E-state index in [1.54, 1.807) is 19.1 Å². The second-order valence-electron chi connectivity index (χ2n) is 5.83. The molecular weight excluding hydrogens is 282 g/mol. The van der Waals surface area contributed by atoms with Gasteiger partial charge in [0.05, 0.1) is 5.56 Å². The Hall–Kier alpha value is -1.88. The third-order valence-electron chi connectivity index (χ3n) is 4.11. The number of carbonyl (C=O) groups is 2. The van der Waals surface area contributed by atoms with Crippen molar-refractivity contribution in [2.75, 3.05) is 18.5 Å². The number of aromatic carboxylic acids is 1. The number of amides is 1. The summed E-state index contributed by atoms with van der Waals surface area (Å²) in [4.78, 5) is 23.0. The van der Waals surface area contributed by atoms with Crippen molar-refractivity contribution in [1.29, 1.82) is 0 Å². The van der Waals surface area contributed by atoms with Gasteiger partial charge < -0.3 is 15.2 Å². The van der Waals surface area contributed by atoms with Crippen molar-refractivity contribution in [3.05, 3.63) is 29.3 Å². The first-order chi connectivity index (χ1) is 10.6. The minimum absolute atomic E-state index is 0.0627. The predicted octanol–water partition coefficient (Wildman–Crippen LogP) is 3.23. The van der Waals surface area contributed by atoms with Crippen LogP contribution in [-0.4, -0.2) is 30.2 Å². The van der Waals surface area contributed by atoms with Gasteiger partial charge in [-0.3, -0.25) is 4.79 Å². The third kappa shape index (κ3) is 4.84. The van der Waals surface area contributed by atoms with E-state index >= 15 is 0 Å². The van der Waals surface area contributed by atoms with E-state index in [0.29, 0.717) is 23.6 Å². The second kappa shape index (κ2) is 7.94. The zero-order chi connectivity index (χ0) is 15.9. The highest BCUT2D eigenvalue weighted by Gasteiger charge is 2.14. The third-order valence-corrected chi connectivity index (χ3v) is 4.11. The lowest BCUT2D eigenvalue weighted by Gasteiger charge is -2.21. The lowest BCUT2D eigenvalue weighted by Crippen LogP contribution is -2.17. The van der Waals surface area contributed by atoms with Gasteiger partial charge in [-0.1, -0.05) is 6.07 Å². The number of carbonyl (C=O) groups excluding carboxylic acids is 1. The quantitative estimate of drug-likeness (QED) is 0.846. The minimum Gasteiger partial charge on any atom is -0.478 e. The summed E-state index contributed by atoms with van der Waals surface area (Å²) in [5.74, 6) is -0.375. The Morgan fingerprint density at radius 2 is 2.05 bits per heavy atom. The summed E-state index contributed by atoms with van der Waals surface area (Å²) >= 11 is 0. The number of carboxylic acids is 1. The fraction of sp³-hybridized carbons (Fsp3) is 0.529. The number of carboxylic acid groups (broad SMARTS) is 1. The Balaban J connectivity index is 1.79. The van der Waals surface area contributed by atoms with Crippen molar-refractivity contribution in [2.45, 2.75) is 39.0 Å². The van der Waals surface area contributed by atoms with E-state index in [-0.39, 0.29) is 11.5 Å². The lowest BCUT2D eigenvalue weighted by atomic mass is 9.94. The average Bonchev–Trinajstić information content (AvgIpc) is 2.50. The topological polar surface area (TPSA) is 75.6 Å². The molecule has 22 heavy (non-hydrogen) atoms. The van der Waals surface area contributed by atoms with E-state index in [4.69, 9.17) is 9.84 Å². The molecule has 0 atom stereocenters.